The number of aromatic amines is 1. The lowest BCUT2D eigenvalue weighted by atomic mass is 10.2. The van der Waals surface area contributed by atoms with Crippen LogP contribution in [0.15, 0.2) is 42.5 Å². The molecule has 22 heavy (non-hydrogen) atoms. The van der Waals surface area contributed by atoms with Crippen LogP contribution in [0.5, 0.6) is 0 Å². The van der Waals surface area contributed by atoms with Gasteiger partial charge in [-0.1, -0.05) is 30.3 Å². The van der Waals surface area contributed by atoms with Crippen molar-refractivity contribution in [3.63, 3.8) is 0 Å². The molecule has 3 N–H and O–H groups in total. The van der Waals surface area contributed by atoms with Crippen LogP contribution >= 0.6 is 0 Å². The number of carbonyl (C=O) groups is 2. The molecule has 1 amide bonds. The zero-order chi connectivity index (χ0) is 15.6. The summed E-state index contributed by atoms with van der Waals surface area (Å²) in [4.78, 5) is 26.2. The highest BCUT2D eigenvalue weighted by molar-refractivity contribution is 5.89. The molecule has 0 unspecified atom stereocenters. The van der Waals surface area contributed by atoms with Gasteiger partial charge in [0.15, 0.2) is 0 Å². The minimum absolute atomic E-state index is 0.212. The zero-order valence-electron chi connectivity index (χ0n) is 12.1. The predicted molar refractivity (Wildman–Crippen MR) is 82.3 cm³/mol. The van der Waals surface area contributed by atoms with E-state index < -0.39 is 11.5 Å². The summed E-state index contributed by atoms with van der Waals surface area (Å²) in [6.07, 6.45) is 1.89. The summed E-state index contributed by atoms with van der Waals surface area (Å²) in [5.41, 5.74) is 2.08. The van der Waals surface area contributed by atoms with Crippen LogP contribution in [0.2, 0.25) is 0 Å². The molecule has 1 aliphatic rings. The van der Waals surface area contributed by atoms with Crippen molar-refractivity contribution in [3.05, 3.63) is 48.2 Å². The molecule has 2 aromatic rings. The maximum absolute atomic E-state index is 11.9. The lowest BCUT2D eigenvalue weighted by molar-refractivity contribution is -0.143. The molecule has 0 saturated heterocycles. The fourth-order valence-electron chi connectivity index (χ4n) is 2.47. The van der Waals surface area contributed by atoms with Crippen LogP contribution in [-0.2, 0) is 16.0 Å². The van der Waals surface area contributed by atoms with Crippen molar-refractivity contribution < 1.29 is 14.7 Å². The van der Waals surface area contributed by atoms with Gasteiger partial charge in [-0.15, -0.1) is 0 Å². The van der Waals surface area contributed by atoms with E-state index in [4.69, 9.17) is 5.11 Å². The number of aryl methyl sites for hydroxylation is 1. The van der Waals surface area contributed by atoms with Gasteiger partial charge in [-0.25, -0.2) is 4.79 Å². The van der Waals surface area contributed by atoms with E-state index in [2.05, 4.69) is 10.3 Å². The van der Waals surface area contributed by atoms with E-state index in [0.717, 1.165) is 17.0 Å². The molecule has 0 radical (unpaired) electrons. The second kappa shape index (κ2) is 5.67. The highest BCUT2D eigenvalue weighted by Crippen LogP contribution is 2.35. The molecule has 5 nitrogen and oxygen atoms in total. The Bertz CT molecular complexity index is 687. The molecule has 5 heteroatoms. The Kier molecular flexibility index (Phi) is 3.71. The number of carbonyl (C=O) groups excluding carboxylic acids is 1. The number of amides is 1. The van der Waals surface area contributed by atoms with Crippen LogP contribution in [0, 0.1) is 0 Å². The minimum atomic E-state index is -0.998. The van der Waals surface area contributed by atoms with E-state index in [0.29, 0.717) is 19.3 Å². The number of hydrogen-bond donors (Lipinski definition) is 3. The summed E-state index contributed by atoms with van der Waals surface area (Å²) < 4.78 is 0. The normalized spacial score (nSPS) is 15.3. The first-order valence-electron chi connectivity index (χ1n) is 7.37. The van der Waals surface area contributed by atoms with Gasteiger partial charge in [-0.3, -0.25) is 4.79 Å². The molecular formula is C17H18N2O3. The quantitative estimate of drug-likeness (QED) is 0.765. The van der Waals surface area contributed by atoms with Crippen LogP contribution in [0.3, 0.4) is 0 Å². The van der Waals surface area contributed by atoms with E-state index in [1.165, 1.54) is 0 Å². The first-order chi connectivity index (χ1) is 10.6. The van der Waals surface area contributed by atoms with Crippen LogP contribution in [-0.4, -0.2) is 27.5 Å². The van der Waals surface area contributed by atoms with Crippen molar-refractivity contribution in [1.82, 2.24) is 10.3 Å². The number of nitrogens with one attached hydrogen (secondary N) is 2. The molecule has 114 valence electrons. The molecule has 1 aliphatic carbocycles. The Hall–Kier alpha value is -2.56. The van der Waals surface area contributed by atoms with Crippen molar-refractivity contribution >= 4 is 11.9 Å². The van der Waals surface area contributed by atoms with Crippen molar-refractivity contribution in [2.24, 2.45) is 0 Å². The molecule has 0 aliphatic heterocycles. The number of aromatic nitrogens is 1. The zero-order valence-corrected chi connectivity index (χ0v) is 12.1. The third-order valence-corrected chi connectivity index (χ3v) is 3.99. The fraction of sp³-hybridized carbons (Fsp3) is 0.294. The summed E-state index contributed by atoms with van der Waals surface area (Å²) in [5.74, 6) is -1.15. The van der Waals surface area contributed by atoms with Crippen molar-refractivity contribution in [2.45, 2.75) is 31.2 Å². The van der Waals surface area contributed by atoms with E-state index in [1.807, 2.05) is 42.5 Å². The van der Waals surface area contributed by atoms with Gasteiger partial charge < -0.3 is 15.4 Å². The smallest absolute Gasteiger partial charge is 0.329 e. The second-order valence-corrected chi connectivity index (χ2v) is 5.70. The minimum Gasteiger partial charge on any atom is -0.480 e. The maximum Gasteiger partial charge on any atom is 0.329 e. The predicted octanol–water partition coefficient (Wildman–Crippen LogP) is 2.35. The first-order valence-corrected chi connectivity index (χ1v) is 7.37. The molecule has 1 aromatic carbocycles. The van der Waals surface area contributed by atoms with Crippen LogP contribution in [0.25, 0.3) is 11.3 Å². The van der Waals surface area contributed by atoms with E-state index in [9.17, 15) is 9.59 Å². The van der Waals surface area contributed by atoms with E-state index >= 15 is 0 Å². The summed E-state index contributed by atoms with van der Waals surface area (Å²) in [7, 11) is 0. The highest BCUT2D eigenvalue weighted by atomic mass is 16.4. The Morgan fingerprint density at radius 1 is 1.14 bits per heavy atom. The second-order valence-electron chi connectivity index (χ2n) is 5.70. The van der Waals surface area contributed by atoms with Crippen molar-refractivity contribution in [2.75, 3.05) is 0 Å². The largest absolute Gasteiger partial charge is 0.480 e. The van der Waals surface area contributed by atoms with Gasteiger partial charge in [0.2, 0.25) is 5.91 Å². The first kappa shape index (κ1) is 14.4. The van der Waals surface area contributed by atoms with Gasteiger partial charge in [0.05, 0.1) is 0 Å². The lowest BCUT2D eigenvalue weighted by Crippen LogP contribution is -2.43. The number of rotatable bonds is 6. The summed E-state index contributed by atoms with van der Waals surface area (Å²) >= 11 is 0. The number of hydrogen-bond acceptors (Lipinski definition) is 2. The molecule has 0 bridgehead atoms. The SMILES string of the molecule is O=C(CCc1ccc(-c2ccccc2)[nH]1)NC1(C(=O)O)CC1. The Balaban J connectivity index is 1.55. The molecule has 1 saturated carbocycles. The molecule has 1 aromatic heterocycles. The van der Waals surface area contributed by atoms with Gasteiger partial charge in [0, 0.05) is 17.8 Å². The Labute approximate surface area is 128 Å². The molecule has 0 atom stereocenters. The summed E-state index contributed by atoms with van der Waals surface area (Å²) in [5, 5.41) is 11.7. The van der Waals surface area contributed by atoms with Gasteiger partial charge in [-0.05, 0) is 37.0 Å². The fourth-order valence-corrected chi connectivity index (χ4v) is 2.47. The molecule has 1 fully saturated rings. The van der Waals surface area contributed by atoms with Crippen LogP contribution in [0.4, 0.5) is 0 Å². The highest BCUT2D eigenvalue weighted by Gasteiger charge is 2.51. The number of benzene rings is 1. The molecular weight excluding hydrogens is 280 g/mol. The van der Waals surface area contributed by atoms with Crippen LogP contribution < -0.4 is 5.32 Å². The van der Waals surface area contributed by atoms with Gasteiger partial charge in [0.25, 0.3) is 0 Å². The Morgan fingerprint density at radius 2 is 1.86 bits per heavy atom. The number of carboxylic acids is 1. The van der Waals surface area contributed by atoms with E-state index in [1.54, 1.807) is 0 Å². The van der Waals surface area contributed by atoms with Gasteiger partial charge >= 0.3 is 5.97 Å². The van der Waals surface area contributed by atoms with Crippen LogP contribution in [0.1, 0.15) is 25.0 Å². The monoisotopic (exact) mass is 298 g/mol. The number of H-pyrrole nitrogens is 1. The van der Waals surface area contributed by atoms with Gasteiger partial charge in [-0.2, -0.15) is 0 Å². The average molecular weight is 298 g/mol. The third kappa shape index (κ3) is 3.03. The standard InChI is InChI=1S/C17H18N2O3/c20-15(19-17(10-11-17)16(21)22)9-7-13-6-8-14(18-13)12-4-2-1-3-5-12/h1-6,8,18H,7,9-11H2,(H,19,20)(H,21,22). The van der Waals surface area contributed by atoms with E-state index in [-0.39, 0.29) is 12.3 Å². The summed E-state index contributed by atoms with van der Waals surface area (Å²) in [6.45, 7) is 0. The molecule has 1 heterocycles. The topological polar surface area (TPSA) is 82.2 Å². The number of carboxylic acid groups (broad SMARTS) is 1. The third-order valence-electron chi connectivity index (χ3n) is 3.99. The van der Waals surface area contributed by atoms with Crippen molar-refractivity contribution in [1.29, 1.82) is 0 Å². The number of aliphatic carboxylic acids is 1. The molecule has 0 spiro atoms. The average Bonchev–Trinajstić information content (AvgIpc) is 3.15. The Morgan fingerprint density at radius 3 is 2.50 bits per heavy atom. The molecule has 3 rings (SSSR count). The van der Waals surface area contributed by atoms with Gasteiger partial charge in [0.1, 0.15) is 5.54 Å². The summed E-state index contributed by atoms with van der Waals surface area (Å²) in [6, 6.07) is 13.9. The maximum atomic E-state index is 11.9. The lowest BCUT2D eigenvalue weighted by Gasteiger charge is -2.11. The van der Waals surface area contributed by atoms with Crippen molar-refractivity contribution in [3.8, 4) is 11.3 Å².